The van der Waals surface area contributed by atoms with E-state index >= 15 is 0 Å². The molecule has 4 nitrogen and oxygen atoms in total. The van der Waals surface area contributed by atoms with Gasteiger partial charge < -0.3 is 9.92 Å². The van der Waals surface area contributed by atoms with Crippen molar-refractivity contribution in [3.63, 3.8) is 0 Å². The van der Waals surface area contributed by atoms with E-state index in [0.29, 0.717) is 6.54 Å². The van der Waals surface area contributed by atoms with Crippen molar-refractivity contribution in [3.8, 4) is 5.75 Å². The van der Waals surface area contributed by atoms with E-state index in [4.69, 9.17) is 5.73 Å². The first-order valence-electron chi connectivity index (χ1n) is 11.3. The van der Waals surface area contributed by atoms with Gasteiger partial charge in [0.25, 0.3) is 0 Å². The highest BCUT2D eigenvalue weighted by molar-refractivity contribution is 7.81. The zero-order valence-corrected chi connectivity index (χ0v) is 20.9. The third kappa shape index (κ3) is 12.5. The van der Waals surface area contributed by atoms with Crippen molar-refractivity contribution in [3.05, 3.63) is 137 Å². The number of hydrogen-bond acceptors (Lipinski definition) is 4. The van der Waals surface area contributed by atoms with Crippen molar-refractivity contribution in [2.24, 2.45) is 5.73 Å². The van der Waals surface area contributed by atoms with Crippen LogP contribution in [0.25, 0.3) is 0 Å². The maximum absolute atomic E-state index is 11.9. The Labute approximate surface area is 208 Å². The average molecular weight is 494 g/mol. The highest BCUT2D eigenvalue weighted by Crippen LogP contribution is 2.14. The lowest BCUT2D eigenvalue weighted by atomic mass is 10.0. The van der Waals surface area contributed by atoms with Gasteiger partial charge in [-0.2, -0.15) is 8.42 Å². The molecule has 0 heterocycles. The Bertz CT molecular complexity index is 1210. The van der Waals surface area contributed by atoms with Crippen molar-refractivity contribution < 1.29 is 16.5 Å². The second-order valence-electron chi connectivity index (χ2n) is 7.95. The standard InChI is InChI=1S/C15H16.C7H7FO3S.C7H9N/c1-13-7-9-15(10-8-13)12-11-14-5-3-2-4-6-14;1-6-2-4-7(5-3-6)11-12(8,9)10;8-6-7-4-2-1-3-5-7/h2-10H,11-12H2,1H3;2-5H,1H3;1-5H,6,8H2. The molecule has 0 saturated carbocycles. The van der Waals surface area contributed by atoms with E-state index in [2.05, 4.69) is 65.7 Å². The summed E-state index contributed by atoms with van der Waals surface area (Å²) in [6, 6.07) is 35.5. The normalized spacial score (nSPS) is 10.3. The number of halogens is 1. The summed E-state index contributed by atoms with van der Waals surface area (Å²) in [5.74, 6) is -0.0249. The van der Waals surface area contributed by atoms with E-state index in [1.165, 1.54) is 34.4 Å². The smallest absolute Gasteiger partial charge is 0.358 e. The Kier molecular flexibility index (Phi) is 11.7. The Morgan fingerprint density at radius 2 is 1.03 bits per heavy atom. The Morgan fingerprint density at radius 3 is 1.43 bits per heavy atom. The molecule has 0 bridgehead atoms. The zero-order chi connectivity index (χ0) is 25.5. The molecule has 184 valence electrons. The molecular weight excluding hydrogens is 461 g/mol. The summed E-state index contributed by atoms with van der Waals surface area (Å²) < 4.78 is 35.9. The van der Waals surface area contributed by atoms with Crippen LogP contribution in [0.2, 0.25) is 0 Å². The first-order valence-corrected chi connectivity index (χ1v) is 12.6. The first-order chi connectivity index (χ1) is 16.7. The molecule has 4 aromatic carbocycles. The van der Waals surface area contributed by atoms with Crippen molar-refractivity contribution in [1.29, 1.82) is 0 Å². The van der Waals surface area contributed by atoms with E-state index in [1.807, 2.05) is 37.3 Å². The summed E-state index contributed by atoms with van der Waals surface area (Å²) in [6.45, 7) is 4.59. The monoisotopic (exact) mass is 493 g/mol. The molecule has 2 N–H and O–H groups in total. The quantitative estimate of drug-likeness (QED) is 0.311. The van der Waals surface area contributed by atoms with Crippen LogP contribution < -0.4 is 9.92 Å². The van der Waals surface area contributed by atoms with Crippen LogP contribution in [-0.2, 0) is 29.9 Å². The predicted molar refractivity (Wildman–Crippen MR) is 141 cm³/mol. The van der Waals surface area contributed by atoms with Crippen molar-refractivity contribution in [1.82, 2.24) is 0 Å². The fourth-order valence-corrected chi connectivity index (χ4v) is 3.35. The van der Waals surface area contributed by atoms with E-state index in [1.54, 1.807) is 12.1 Å². The number of aryl methyl sites for hydroxylation is 4. The Morgan fingerprint density at radius 1 is 0.629 bits per heavy atom. The first kappa shape index (κ1) is 27.8. The largest absolute Gasteiger partial charge is 0.488 e. The number of benzene rings is 4. The van der Waals surface area contributed by atoms with Gasteiger partial charge in [0.15, 0.2) is 0 Å². The third-order valence-electron chi connectivity index (χ3n) is 4.96. The molecule has 0 unspecified atom stereocenters. The van der Waals surface area contributed by atoms with E-state index < -0.39 is 10.5 Å². The number of hydrogen-bond donors (Lipinski definition) is 1. The molecule has 4 rings (SSSR count). The molecular formula is C29H32FNO3S. The topological polar surface area (TPSA) is 69.4 Å². The van der Waals surface area contributed by atoms with Gasteiger partial charge in [-0.15, -0.1) is 0 Å². The molecule has 0 atom stereocenters. The minimum atomic E-state index is -4.89. The van der Waals surface area contributed by atoms with Crippen LogP contribution in [0.4, 0.5) is 3.89 Å². The molecule has 0 saturated heterocycles. The van der Waals surface area contributed by atoms with Crippen LogP contribution in [0.5, 0.6) is 5.75 Å². The molecule has 0 aliphatic carbocycles. The summed E-state index contributed by atoms with van der Waals surface area (Å²) >= 11 is 0. The van der Waals surface area contributed by atoms with Gasteiger partial charge >= 0.3 is 10.5 Å². The maximum Gasteiger partial charge on any atom is 0.488 e. The third-order valence-corrected chi connectivity index (χ3v) is 5.35. The minimum absolute atomic E-state index is 0.0249. The van der Waals surface area contributed by atoms with Crippen molar-refractivity contribution in [2.75, 3.05) is 0 Å². The lowest BCUT2D eigenvalue weighted by molar-refractivity contribution is 0.440. The van der Waals surface area contributed by atoms with Crippen LogP contribution in [0.1, 0.15) is 27.8 Å². The summed E-state index contributed by atoms with van der Waals surface area (Å²) in [7, 11) is -4.89. The van der Waals surface area contributed by atoms with Gasteiger partial charge in [0.05, 0.1) is 0 Å². The lowest BCUT2D eigenvalue weighted by Gasteiger charge is -2.02. The molecule has 0 amide bonds. The minimum Gasteiger partial charge on any atom is -0.358 e. The van der Waals surface area contributed by atoms with E-state index in [-0.39, 0.29) is 5.75 Å². The number of rotatable bonds is 6. The Balaban J connectivity index is 0.000000194. The fraction of sp³-hybridized carbons (Fsp3) is 0.172. The van der Waals surface area contributed by atoms with Gasteiger partial charge in [-0.3, -0.25) is 0 Å². The molecule has 0 radical (unpaired) electrons. The molecule has 4 aromatic rings. The molecule has 0 aliphatic rings. The van der Waals surface area contributed by atoms with Crippen LogP contribution in [0.3, 0.4) is 0 Å². The van der Waals surface area contributed by atoms with Gasteiger partial charge in [-0.1, -0.05) is 112 Å². The summed E-state index contributed by atoms with van der Waals surface area (Å²) in [6.07, 6.45) is 2.26. The molecule has 0 spiro atoms. The van der Waals surface area contributed by atoms with Gasteiger partial charge in [0, 0.05) is 6.54 Å². The maximum atomic E-state index is 11.9. The average Bonchev–Trinajstić information content (AvgIpc) is 2.86. The Hall–Kier alpha value is -3.48. The highest BCUT2D eigenvalue weighted by atomic mass is 32.3. The van der Waals surface area contributed by atoms with Gasteiger partial charge in [-0.25, -0.2) is 0 Å². The van der Waals surface area contributed by atoms with Crippen LogP contribution in [0.15, 0.2) is 109 Å². The second-order valence-corrected chi connectivity index (χ2v) is 8.90. The fourth-order valence-electron chi connectivity index (χ4n) is 3.01. The van der Waals surface area contributed by atoms with Crippen LogP contribution in [0, 0.1) is 13.8 Å². The number of nitrogens with two attached hydrogens (primary N) is 1. The lowest BCUT2D eigenvalue weighted by Crippen LogP contribution is -2.00. The summed E-state index contributed by atoms with van der Waals surface area (Å²) in [5, 5.41) is 0. The second kappa shape index (κ2) is 14.7. The van der Waals surface area contributed by atoms with Gasteiger partial charge in [-0.05, 0) is 55.5 Å². The van der Waals surface area contributed by atoms with Crippen molar-refractivity contribution in [2.45, 2.75) is 33.2 Å². The SMILES string of the molecule is Cc1ccc(CCc2ccccc2)cc1.Cc1ccc(OS(=O)(=O)F)cc1.NCc1ccccc1. The molecule has 35 heavy (non-hydrogen) atoms. The van der Waals surface area contributed by atoms with E-state index in [9.17, 15) is 12.3 Å². The predicted octanol–water partition coefficient (Wildman–Crippen LogP) is 6.51. The molecule has 0 fully saturated rings. The van der Waals surface area contributed by atoms with Crippen molar-refractivity contribution >= 4 is 10.5 Å². The van der Waals surface area contributed by atoms with E-state index in [0.717, 1.165) is 18.4 Å². The highest BCUT2D eigenvalue weighted by Gasteiger charge is 2.08. The summed E-state index contributed by atoms with van der Waals surface area (Å²) in [5.41, 5.74) is 11.6. The van der Waals surface area contributed by atoms with Gasteiger partial charge in [0.2, 0.25) is 0 Å². The molecule has 0 aromatic heterocycles. The van der Waals surface area contributed by atoms with Crippen LogP contribution >= 0.6 is 0 Å². The zero-order valence-electron chi connectivity index (χ0n) is 20.1. The molecule has 0 aliphatic heterocycles. The van der Waals surface area contributed by atoms with Crippen LogP contribution in [-0.4, -0.2) is 8.42 Å². The summed E-state index contributed by atoms with van der Waals surface area (Å²) in [4.78, 5) is 0. The molecule has 6 heteroatoms. The van der Waals surface area contributed by atoms with Gasteiger partial charge in [0.1, 0.15) is 5.75 Å².